The maximum Gasteiger partial charge on any atom is 0.332 e. The Morgan fingerprint density at radius 3 is 2.81 bits per heavy atom. The zero-order valence-electron chi connectivity index (χ0n) is 14.4. The lowest BCUT2D eigenvalue weighted by Crippen LogP contribution is -2.44. The summed E-state index contributed by atoms with van der Waals surface area (Å²) in [6.45, 7) is 3.50. The van der Waals surface area contributed by atoms with E-state index in [4.69, 9.17) is 0 Å². The smallest absolute Gasteiger partial charge is 0.332 e. The van der Waals surface area contributed by atoms with Crippen LogP contribution in [0.25, 0.3) is 0 Å². The van der Waals surface area contributed by atoms with Crippen LogP contribution in [0.3, 0.4) is 0 Å². The number of halogens is 1. The minimum atomic E-state index is -0.609. The molecule has 2 aromatic rings. The molecule has 1 saturated heterocycles. The summed E-state index contributed by atoms with van der Waals surface area (Å²) in [5.74, 6) is -0.0193. The fourth-order valence-corrected chi connectivity index (χ4v) is 3.95. The fourth-order valence-electron chi connectivity index (χ4n) is 3.95. The average Bonchev–Trinajstić information content (AvgIpc) is 3.02. The van der Waals surface area contributed by atoms with Crippen molar-refractivity contribution in [3.05, 3.63) is 62.2 Å². The van der Waals surface area contributed by atoms with Crippen LogP contribution in [0, 0.1) is 11.7 Å². The van der Waals surface area contributed by atoms with Crippen LogP contribution in [0.5, 0.6) is 0 Å². The van der Waals surface area contributed by atoms with E-state index in [0.29, 0.717) is 37.6 Å². The number of aromatic nitrogens is 3. The summed E-state index contributed by atoms with van der Waals surface area (Å²) in [7, 11) is 0. The van der Waals surface area contributed by atoms with Gasteiger partial charge in [-0.1, -0.05) is 6.07 Å². The van der Waals surface area contributed by atoms with E-state index in [2.05, 4.69) is 5.10 Å². The molecule has 136 valence electrons. The summed E-state index contributed by atoms with van der Waals surface area (Å²) < 4.78 is 16.1. The van der Waals surface area contributed by atoms with E-state index >= 15 is 0 Å². The summed E-state index contributed by atoms with van der Waals surface area (Å²) in [5.41, 5.74) is -0.845. The third-order valence-electron chi connectivity index (χ3n) is 5.33. The van der Waals surface area contributed by atoms with Gasteiger partial charge < -0.3 is 4.90 Å². The van der Waals surface area contributed by atoms with Crippen LogP contribution in [0.15, 0.2) is 33.9 Å². The zero-order chi connectivity index (χ0) is 18.4. The van der Waals surface area contributed by atoms with E-state index in [-0.39, 0.29) is 17.7 Å². The first-order valence-corrected chi connectivity index (χ1v) is 8.76. The molecule has 1 aromatic heterocycles. The van der Waals surface area contributed by atoms with Gasteiger partial charge in [0, 0.05) is 37.7 Å². The summed E-state index contributed by atoms with van der Waals surface area (Å²) >= 11 is 0. The van der Waals surface area contributed by atoms with Gasteiger partial charge in [0.05, 0.1) is 0 Å². The van der Waals surface area contributed by atoms with E-state index in [1.54, 1.807) is 17.9 Å². The van der Waals surface area contributed by atoms with E-state index in [1.807, 2.05) is 0 Å². The van der Waals surface area contributed by atoms with Crippen LogP contribution >= 0.6 is 0 Å². The highest BCUT2D eigenvalue weighted by Crippen LogP contribution is 2.37. The number of aryl methyl sites for hydroxylation is 1. The van der Waals surface area contributed by atoms with Gasteiger partial charge in [-0.15, -0.1) is 0 Å². The Kier molecular flexibility index (Phi) is 3.97. The van der Waals surface area contributed by atoms with E-state index < -0.39 is 16.9 Å². The topological polar surface area (TPSA) is 77.2 Å². The first-order valence-electron chi connectivity index (χ1n) is 8.76. The second kappa shape index (κ2) is 6.19. The molecule has 1 amide bonds. The SMILES string of the molecule is CCn1nc2n(c(=O)c1=O)C[C@@H]1CCN(C(=O)c3cccc(F)c3)C[C@@H]21. The van der Waals surface area contributed by atoms with Crippen molar-refractivity contribution in [2.24, 2.45) is 5.92 Å². The van der Waals surface area contributed by atoms with Crippen molar-refractivity contribution in [3.63, 3.8) is 0 Å². The number of carbonyl (C=O) groups is 1. The number of fused-ring (bicyclic) bond motifs is 3. The average molecular weight is 358 g/mol. The van der Waals surface area contributed by atoms with Gasteiger partial charge in [-0.3, -0.25) is 19.0 Å². The standard InChI is InChI=1S/C18H19FN4O3/c1-2-23-18(26)17(25)22-9-12-6-7-21(10-14(12)15(22)20-23)16(24)11-4-3-5-13(19)8-11/h3-5,8,12,14H,2,6-7,9-10H2,1H3/t12-,14+/m0/s1. The van der Waals surface area contributed by atoms with Crippen LogP contribution in [0.4, 0.5) is 4.39 Å². The molecule has 0 radical (unpaired) electrons. The molecule has 0 saturated carbocycles. The Labute approximate surface area is 148 Å². The predicted octanol–water partition coefficient (Wildman–Crippen LogP) is 0.823. The minimum absolute atomic E-state index is 0.0904. The molecular formula is C18H19FN4O3. The van der Waals surface area contributed by atoms with Crippen LogP contribution in [-0.2, 0) is 13.1 Å². The van der Waals surface area contributed by atoms with Crippen molar-refractivity contribution < 1.29 is 9.18 Å². The third-order valence-corrected chi connectivity index (χ3v) is 5.33. The first-order chi connectivity index (χ1) is 12.5. The Morgan fingerprint density at radius 2 is 2.08 bits per heavy atom. The van der Waals surface area contributed by atoms with Crippen molar-refractivity contribution in [1.29, 1.82) is 0 Å². The van der Waals surface area contributed by atoms with Gasteiger partial charge in [-0.05, 0) is 37.5 Å². The Morgan fingerprint density at radius 1 is 1.27 bits per heavy atom. The van der Waals surface area contributed by atoms with Crippen LogP contribution < -0.4 is 11.1 Å². The van der Waals surface area contributed by atoms with E-state index in [1.165, 1.54) is 27.4 Å². The normalized spacial score (nSPS) is 21.4. The first kappa shape index (κ1) is 16.7. The van der Waals surface area contributed by atoms with Gasteiger partial charge in [0.25, 0.3) is 5.91 Å². The minimum Gasteiger partial charge on any atom is -0.338 e. The van der Waals surface area contributed by atoms with Gasteiger partial charge in [-0.2, -0.15) is 5.10 Å². The van der Waals surface area contributed by atoms with E-state index in [0.717, 1.165) is 6.42 Å². The number of nitrogens with zero attached hydrogens (tertiary/aromatic N) is 4. The number of benzene rings is 1. The Hall–Kier alpha value is -2.77. The molecule has 3 heterocycles. The van der Waals surface area contributed by atoms with Crippen LogP contribution in [-0.4, -0.2) is 38.2 Å². The second-order valence-corrected chi connectivity index (χ2v) is 6.81. The zero-order valence-corrected chi connectivity index (χ0v) is 14.4. The van der Waals surface area contributed by atoms with Crippen molar-refractivity contribution in [1.82, 2.24) is 19.2 Å². The van der Waals surface area contributed by atoms with Crippen molar-refractivity contribution in [2.45, 2.75) is 32.4 Å². The third kappa shape index (κ3) is 2.56. The van der Waals surface area contributed by atoms with Crippen molar-refractivity contribution in [2.75, 3.05) is 13.1 Å². The molecule has 1 fully saturated rings. The highest BCUT2D eigenvalue weighted by molar-refractivity contribution is 5.94. The number of piperidine rings is 1. The second-order valence-electron chi connectivity index (χ2n) is 6.81. The molecule has 0 unspecified atom stereocenters. The summed E-state index contributed by atoms with van der Waals surface area (Å²) in [4.78, 5) is 38.7. The summed E-state index contributed by atoms with van der Waals surface area (Å²) in [6.07, 6.45) is 0.717. The highest BCUT2D eigenvalue weighted by Gasteiger charge is 2.41. The molecule has 2 aliphatic heterocycles. The van der Waals surface area contributed by atoms with Gasteiger partial charge in [0.1, 0.15) is 11.6 Å². The predicted molar refractivity (Wildman–Crippen MR) is 91.6 cm³/mol. The number of likely N-dealkylation sites (tertiary alicyclic amines) is 1. The fraction of sp³-hybridized carbons (Fsp3) is 0.444. The molecule has 26 heavy (non-hydrogen) atoms. The number of carbonyl (C=O) groups excluding carboxylic acids is 1. The van der Waals surface area contributed by atoms with Crippen LogP contribution in [0.2, 0.25) is 0 Å². The maximum atomic E-state index is 13.4. The van der Waals surface area contributed by atoms with Gasteiger partial charge in [-0.25, -0.2) is 9.07 Å². The molecule has 0 spiro atoms. The molecule has 2 aliphatic rings. The Balaban J connectivity index is 1.66. The summed E-state index contributed by atoms with van der Waals surface area (Å²) in [6, 6.07) is 5.64. The summed E-state index contributed by atoms with van der Waals surface area (Å²) in [5, 5.41) is 4.37. The monoisotopic (exact) mass is 358 g/mol. The number of amides is 1. The lowest BCUT2D eigenvalue weighted by Gasteiger charge is -2.34. The molecule has 7 nitrogen and oxygen atoms in total. The molecule has 0 aliphatic carbocycles. The lowest BCUT2D eigenvalue weighted by molar-refractivity contribution is 0.0667. The number of hydrogen-bond donors (Lipinski definition) is 0. The molecule has 1 aromatic carbocycles. The van der Waals surface area contributed by atoms with Gasteiger partial charge in [0.2, 0.25) is 0 Å². The lowest BCUT2D eigenvalue weighted by atomic mass is 9.87. The van der Waals surface area contributed by atoms with Crippen molar-refractivity contribution in [3.8, 4) is 0 Å². The highest BCUT2D eigenvalue weighted by atomic mass is 19.1. The quantitative estimate of drug-likeness (QED) is 0.745. The van der Waals surface area contributed by atoms with Crippen molar-refractivity contribution >= 4 is 5.91 Å². The Bertz CT molecular complexity index is 997. The maximum absolute atomic E-state index is 13.4. The van der Waals surface area contributed by atoms with Crippen LogP contribution in [0.1, 0.15) is 35.4 Å². The van der Waals surface area contributed by atoms with Gasteiger partial charge in [0.15, 0.2) is 0 Å². The number of rotatable bonds is 2. The van der Waals surface area contributed by atoms with Gasteiger partial charge >= 0.3 is 11.1 Å². The molecule has 8 heteroatoms. The molecule has 2 atom stereocenters. The molecule has 0 N–H and O–H groups in total. The molecular weight excluding hydrogens is 339 g/mol. The van der Waals surface area contributed by atoms with E-state index in [9.17, 15) is 18.8 Å². The largest absolute Gasteiger partial charge is 0.338 e. The molecule has 0 bridgehead atoms. The number of hydrogen-bond acceptors (Lipinski definition) is 4. The molecule has 4 rings (SSSR count).